The Morgan fingerprint density at radius 3 is 2.45 bits per heavy atom. The molecule has 2 aromatic carbocycles. The van der Waals surface area contributed by atoms with Crippen molar-refractivity contribution < 1.29 is 13.9 Å². The summed E-state index contributed by atoms with van der Waals surface area (Å²) in [4.78, 5) is 11.9. The number of hydrogen-bond donors (Lipinski definition) is 1. The van der Waals surface area contributed by atoms with Crippen LogP contribution in [0.4, 0.5) is 4.39 Å². The van der Waals surface area contributed by atoms with Gasteiger partial charge in [-0.25, -0.2) is 4.39 Å². The number of carbonyl (C=O) groups excluding carboxylic acids is 1. The van der Waals surface area contributed by atoms with E-state index in [0.717, 1.165) is 5.56 Å². The molecule has 0 aliphatic rings. The van der Waals surface area contributed by atoms with E-state index >= 15 is 0 Å². The Morgan fingerprint density at radius 2 is 1.86 bits per heavy atom. The lowest BCUT2D eigenvalue weighted by atomic mass is 10.2. The molecular weight excluding hydrogens is 283 g/mol. The number of nitrogens with zero attached hydrogens (tertiary/aromatic N) is 1. The number of nitrogens with one attached hydrogen (secondary N) is 1. The van der Waals surface area contributed by atoms with Gasteiger partial charge in [0.1, 0.15) is 11.6 Å². The number of amides is 1. The summed E-state index contributed by atoms with van der Waals surface area (Å²) < 4.78 is 18.3. The molecule has 0 saturated heterocycles. The molecule has 0 spiro atoms. The predicted molar refractivity (Wildman–Crippen MR) is 79.5 cm³/mol. The highest BCUT2D eigenvalue weighted by molar-refractivity contribution is 5.80. The van der Waals surface area contributed by atoms with Gasteiger partial charge in [-0.15, -0.1) is 0 Å². The molecule has 0 radical (unpaired) electrons. The average molecular weight is 298 g/mol. The first-order chi connectivity index (χ1) is 10.6. The van der Waals surface area contributed by atoms with Gasteiger partial charge in [0.25, 0.3) is 5.91 Å². The van der Waals surface area contributed by atoms with Crippen LogP contribution in [0.3, 0.4) is 0 Å². The fourth-order valence-corrected chi connectivity index (χ4v) is 1.80. The van der Waals surface area contributed by atoms with Crippen molar-refractivity contribution in [1.29, 1.82) is 5.26 Å². The van der Waals surface area contributed by atoms with Gasteiger partial charge in [0.15, 0.2) is 6.10 Å². The highest BCUT2D eigenvalue weighted by Gasteiger charge is 2.14. The van der Waals surface area contributed by atoms with Gasteiger partial charge in [0.05, 0.1) is 11.6 Å². The predicted octanol–water partition coefficient (Wildman–Crippen LogP) is 2.78. The van der Waals surface area contributed by atoms with E-state index < -0.39 is 6.10 Å². The first-order valence-corrected chi connectivity index (χ1v) is 6.77. The summed E-state index contributed by atoms with van der Waals surface area (Å²) in [5, 5.41) is 11.4. The monoisotopic (exact) mass is 298 g/mol. The minimum atomic E-state index is -0.673. The maximum atomic E-state index is 12.8. The SMILES string of the molecule is C[C@@H](Oc1ccc(C#N)cc1)C(=O)NCc1ccc(F)cc1. The third-order valence-corrected chi connectivity index (χ3v) is 3.05. The highest BCUT2D eigenvalue weighted by Crippen LogP contribution is 2.13. The summed E-state index contributed by atoms with van der Waals surface area (Å²) in [6, 6.07) is 14.5. The van der Waals surface area contributed by atoms with E-state index in [0.29, 0.717) is 17.9 Å². The summed E-state index contributed by atoms with van der Waals surface area (Å²) in [6.07, 6.45) is -0.673. The van der Waals surface area contributed by atoms with Crippen molar-refractivity contribution in [3.05, 3.63) is 65.5 Å². The largest absolute Gasteiger partial charge is 0.481 e. The van der Waals surface area contributed by atoms with Crippen LogP contribution >= 0.6 is 0 Å². The molecule has 1 N–H and O–H groups in total. The molecule has 1 amide bonds. The van der Waals surface area contributed by atoms with Crippen molar-refractivity contribution in [2.24, 2.45) is 0 Å². The van der Waals surface area contributed by atoms with Crippen molar-refractivity contribution >= 4 is 5.91 Å². The van der Waals surface area contributed by atoms with Gasteiger partial charge in [-0.3, -0.25) is 4.79 Å². The molecule has 0 saturated carbocycles. The zero-order valence-electron chi connectivity index (χ0n) is 12.0. The van der Waals surface area contributed by atoms with Crippen LogP contribution in [0.25, 0.3) is 0 Å². The average Bonchev–Trinajstić information content (AvgIpc) is 2.54. The lowest BCUT2D eigenvalue weighted by Gasteiger charge is -2.14. The number of benzene rings is 2. The van der Waals surface area contributed by atoms with E-state index in [1.54, 1.807) is 43.3 Å². The maximum Gasteiger partial charge on any atom is 0.261 e. The summed E-state index contributed by atoms with van der Waals surface area (Å²) in [5.74, 6) is -0.0651. The Balaban J connectivity index is 1.86. The van der Waals surface area contributed by atoms with Gasteiger partial charge in [0, 0.05) is 6.54 Å². The first kappa shape index (κ1) is 15.5. The summed E-state index contributed by atoms with van der Waals surface area (Å²) in [6.45, 7) is 1.94. The van der Waals surface area contributed by atoms with Crippen molar-refractivity contribution in [2.45, 2.75) is 19.6 Å². The van der Waals surface area contributed by atoms with Gasteiger partial charge < -0.3 is 10.1 Å². The Labute approximate surface area is 128 Å². The molecule has 2 aromatic rings. The van der Waals surface area contributed by atoms with E-state index in [9.17, 15) is 9.18 Å². The Kier molecular flexibility index (Phi) is 5.10. The normalized spacial score (nSPS) is 11.3. The number of carbonyl (C=O) groups is 1. The van der Waals surface area contributed by atoms with Crippen LogP contribution in [0.15, 0.2) is 48.5 Å². The maximum absolute atomic E-state index is 12.8. The molecule has 112 valence electrons. The van der Waals surface area contributed by atoms with Gasteiger partial charge in [-0.1, -0.05) is 12.1 Å². The van der Waals surface area contributed by atoms with Crippen molar-refractivity contribution in [3.8, 4) is 11.8 Å². The van der Waals surface area contributed by atoms with Crippen LogP contribution in [0.5, 0.6) is 5.75 Å². The van der Waals surface area contributed by atoms with Crippen LogP contribution in [0.2, 0.25) is 0 Å². The third-order valence-electron chi connectivity index (χ3n) is 3.05. The smallest absolute Gasteiger partial charge is 0.261 e. The van der Waals surface area contributed by atoms with Gasteiger partial charge in [-0.05, 0) is 48.9 Å². The second-order valence-electron chi connectivity index (χ2n) is 4.74. The lowest BCUT2D eigenvalue weighted by molar-refractivity contribution is -0.127. The first-order valence-electron chi connectivity index (χ1n) is 6.77. The number of hydrogen-bond acceptors (Lipinski definition) is 3. The second-order valence-corrected chi connectivity index (χ2v) is 4.74. The molecule has 0 unspecified atom stereocenters. The molecule has 4 nitrogen and oxygen atoms in total. The van der Waals surface area contributed by atoms with Crippen molar-refractivity contribution in [2.75, 3.05) is 0 Å². The van der Waals surface area contributed by atoms with Crippen LogP contribution < -0.4 is 10.1 Å². The topological polar surface area (TPSA) is 62.1 Å². The van der Waals surface area contributed by atoms with Crippen LogP contribution in [0, 0.1) is 17.1 Å². The third kappa shape index (κ3) is 4.32. The number of halogens is 1. The summed E-state index contributed by atoms with van der Waals surface area (Å²) >= 11 is 0. The molecular formula is C17H15FN2O2. The van der Waals surface area contributed by atoms with Crippen molar-refractivity contribution in [1.82, 2.24) is 5.32 Å². The van der Waals surface area contributed by atoms with Crippen molar-refractivity contribution in [3.63, 3.8) is 0 Å². The Hall–Kier alpha value is -2.87. The molecule has 0 aliphatic heterocycles. The van der Waals surface area contributed by atoms with Gasteiger partial charge >= 0.3 is 0 Å². The van der Waals surface area contributed by atoms with Crippen LogP contribution in [-0.2, 0) is 11.3 Å². The molecule has 0 heterocycles. The molecule has 22 heavy (non-hydrogen) atoms. The quantitative estimate of drug-likeness (QED) is 0.923. The standard InChI is InChI=1S/C17H15FN2O2/c1-12(22-16-8-4-13(10-19)5-9-16)17(21)20-11-14-2-6-15(18)7-3-14/h2-9,12H,11H2,1H3,(H,20,21)/t12-/m1/s1. The van der Waals surface area contributed by atoms with Gasteiger partial charge in [-0.2, -0.15) is 5.26 Å². The van der Waals surface area contributed by atoms with E-state index in [1.165, 1.54) is 12.1 Å². The zero-order valence-corrected chi connectivity index (χ0v) is 12.0. The van der Waals surface area contributed by atoms with Crippen LogP contribution in [-0.4, -0.2) is 12.0 Å². The summed E-state index contributed by atoms with van der Waals surface area (Å²) in [7, 11) is 0. The lowest BCUT2D eigenvalue weighted by Crippen LogP contribution is -2.35. The fraction of sp³-hybridized carbons (Fsp3) is 0.176. The fourth-order valence-electron chi connectivity index (χ4n) is 1.80. The molecule has 1 atom stereocenters. The minimum Gasteiger partial charge on any atom is -0.481 e. The van der Waals surface area contributed by atoms with E-state index in [1.807, 2.05) is 6.07 Å². The Bertz CT molecular complexity index is 675. The number of rotatable bonds is 5. The van der Waals surface area contributed by atoms with E-state index in [4.69, 9.17) is 10.00 Å². The van der Waals surface area contributed by atoms with Gasteiger partial charge in [0.2, 0.25) is 0 Å². The molecule has 0 fully saturated rings. The summed E-state index contributed by atoms with van der Waals surface area (Å²) in [5.41, 5.74) is 1.33. The van der Waals surface area contributed by atoms with E-state index in [2.05, 4.69) is 5.32 Å². The second kappa shape index (κ2) is 7.23. The molecule has 2 rings (SSSR count). The molecule has 0 bridgehead atoms. The van der Waals surface area contributed by atoms with E-state index in [-0.39, 0.29) is 11.7 Å². The number of ether oxygens (including phenoxy) is 1. The highest BCUT2D eigenvalue weighted by atomic mass is 19.1. The minimum absolute atomic E-state index is 0.270. The molecule has 5 heteroatoms. The van der Waals surface area contributed by atoms with Crippen LogP contribution in [0.1, 0.15) is 18.1 Å². The number of nitriles is 1. The molecule has 0 aromatic heterocycles. The molecule has 0 aliphatic carbocycles. The zero-order chi connectivity index (χ0) is 15.9. The Morgan fingerprint density at radius 1 is 1.23 bits per heavy atom.